The van der Waals surface area contributed by atoms with Crippen molar-refractivity contribution in [2.45, 2.75) is 39.2 Å². The van der Waals surface area contributed by atoms with E-state index in [1.807, 2.05) is 0 Å². The van der Waals surface area contributed by atoms with Crippen LogP contribution in [0.15, 0.2) is 79.0 Å². The maximum Gasteiger partial charge on any atom is 0.220 e. The van der Waals surface area contributed by atoms with E-state index in [4.69, 9.17) is 4.74 Å². The molecule has 0 bridgehead atoms. The van der Waals surface area contributed by atoms with Crippen LogP contribution in [0.1, 0.15) is 46.6 Å². The summed E-state index contributed by atoms with van der Waals surface area (Å²) in [6.07, 6.45) is 3.65. The van der Waals surface area contributed by atoms with E-state index in [9.17, 15) is 4.79 Å². The van der Waals surface area contributed by atoms with Gasteiger partial charge in [-0.25, -0.2) is 0 Å². The standard InChI is InChI=1S/C33H39N3O2/c1-25-11-13-27(14-12-25)23-36-24-31(29-9-3-4-10-32(29)36)30(28-8-5-7-26(2)21-28)22-33(37)34-15-6-16-35-17-19-38-20-18-35/h3-5,7-14,21,24,30H,6,15-20,22-23H2,1-2H3,(H,34,37). The quantitative estimate of drug-likeness (QED) is 0.280. The van der Waals surface area contributed by atoms with Gasteiger partial charge in [0.15, 0.2) is 0 Å². The van der Waals surface area contributed by atoms with Crippen molar-refractivity contribution in [2.24, 2.45) is 0 Å². The van der Waals surface area contributed by atoms with Gasteiger partial charge in [-0.2, -0.15) is 0 Å². The highest BCUT2D eigenvalue weighted by atomic mass is 16.5. The Morgan fingerprint density at radius 2 is 1.74 bits per heavy atom. The number of nitrogens with zero attached hydrogens (tertiary/aromatic N) is 2. The summed E-state index contributed by atoms with van der Waals surface area (Å²) in [5, 5.41) is 4.42. The van der Waals surface area contributed by atoms with Crippen molar-refractivity contribution in [1.82, 2.24) is 14.8 Å². The second kappa shape index (κ2) is 12.4. The van der Waals surface area contributed by atoms with Gasteiger partial charge in [-0.15, -0.1) is 0 Å². The van der Waals surface area contributed by atoms with Crippen molar-refractivity contribution in [3.63, 3.8) is 0 Å². The Kier molecular flexibility index (Phi) is 8.57. The van der Waals surface area contributed by atoms with E-state index in [0.717, 1.165) is 45.8 Å². The maximum absolute atomic E-state index is 13.3. The predicted molar refractivity (Wildman–Crippen MR) is 155 cm³/mol. The fourth-order valence-electron chi connectivity index (χ4n) is 5.48. The molecule has 1 fully saturated rings. The molecule has 1 amide bonds. The molecule has 1 saturated heterocycles. The topological polar surface area (TPSA) is 46.5 Å². The molecule has 4 aromatic rings. The molecule has 1 N–H and O–H groups in total. The summed E-state index contributed by atoms with van der Waals surface area (Å²) in [5.74, 6) is 0.0900. The Balaban J connectivity index is 1.37. The third kappa shape index (κ3) is 6.53. The predicted octanol–water partition coefficient (Wildman–Crippen LogP) is 5.67. The molecule has 1 aliphatic heterocycles. The Bertz CT molecular complexity index is 1350. The number of ether oxygens (including phenoxy) is 1. The SMILES string of the molecule is Cc1ccc(Cn2cc(C(CC(=O)NCCCN3CCOCC3)c3cccc(C)c3)c3ccccc32)cc1. The van der Waals surface area contributed by atoms with Crippen molar-refractivity contribution in [3.8, 4) is 0 Å². The first-order chi connectivity index (χ1) is 18.6. The lowest BCUT2D eigenvalue weighted by Gasteiger charge is -2.26. The van der Waals surface area contributed by atoms with Crippen LogP contribution in [0.5, 0.6) is 0 Å². The fraction of sp³-hybridized carbons (Fsp3) is 0.364. The van der Waals surface area contributed by atoms with Crippen LogP contribution in [0.25, 0.3) is 10.9 Å². The number of nitrogens with one attached hydrogen (secondary N) is 1. The minimum Gasteiger partial charge on any atom is -0.379 e. The molecule has 3 aromatic carbocycles. The van der Waals surface area contributed by atoms with E-state index >= 15 is 0 Å². The summed E-state index contributed by atoms with van der Waals surface area (Å²) in [6.45, 7) is 10.3. The molecule has 198 valence electrons. The normalized spacial score (nSPS) is 15.0. The molecule has 5 nitrogen and oxygen atoms in total. The van der Waals surface area contributed by atoms with E-state index in [1.54, 1.807) is 0 Å². The molecule has 5 rings (SSSR count). The second-order valence-electron chi connectivity index (χ2n) is 10.5. The number of morpholine rings is 1. The first-order valence-electron chi connectivity index (χ1n) is 13.8. The number of carbonyl (C=O) groups excluding carboxylic acids is 1. The lowest BCUT2D eigenvalue weighted by molar-refractivity contribution is -0.121. The fourth-order valence-corrected chi connectivity index (χ4v) is 5.48. The zero-order valence-electron chi connectivity index (χ0n) is 22.7. The van der Waals surface area contributed by atoms with Crippen LogP contribution < -0.4 is 5.32 Å². The highest BCUT2D eigenvalue weighted by molar-refractivity contribution is 5.86. The van der Waals surface area contributed by atoms with Crippen molar-refractivity contribution in [1.29, 1.82) is 0 Å². The zero-order valence-corrected chi connectivity index (χ0v) is 22.7. The molecule has 0 spiro atoms. The summed E-state index contributed by atoms with van der Waals surface area (Å²) >= 11 is 0. The van der Waals surface area contributed by atoms with Crippen LogP contribution in [0.4, 0.5) is 0 Å². The third-order valence-electron chi connectivity index (χ3n) is 7.58. The van der Waals surface area contributed by atoms with Gasteiger partial charge in [0.1, 0.15) is 0 Å². The summed E-state index contributed by atoms with van der Waals surface area (Å²) in [6, 6.07) is 25.9. The summed E-state index contributed by atoms with van der Waals surface area (Å²) in [5.41, 5.74) is 7.34. The van der Waals surface area contributed by atoms with Crippen molar-refractivity contribution in [3.05, 3.63) is 107 Å². The number of amides is 1. The van der Waals surface area contributed by atoms with Gasteiger partial charge in [-0.1, -0.05) is 77.9 Å². The molecule has 5 heteroatoms. The summed E-state index contributed by atoms with van der Waals surface area (Å²) in [4.78, 5) is 15.7. The summed E-state index contributed by atoms with van der Waals surface area (Å²) < 4.78 is 7.77. The zero-order chi connectivity index (χ0) is 26.3. The van der Waals surface area contributed by atoms with E-state index in [2.05, 4.69) is 108 Å². The van der Waals surface area contributed by atoms with Gasteiger partial charge < -0.3 is 14.6 Å². The first-order valence-corrected chi connectivity index (χ1v) is 13.8. The van der Waals surface area contributed by atoms with Gasteiger partial charge in [0.05, 0.1) is 13.2 Å². The minimum atomic E-state index is -0.0155. The summed E-state index contributed by atoms with van der Waals surface area (Å²) in [7, 11) is 0. The third-order valence-corrected chi connectivity index (χ3v) is 7.58. The number of benzene rings is 3. The van der Waals surface area contributed by atoms with Gasteiger partial charge in [0.2, 0.25) is 5.91 Å². The molecule has 2 heterocycles. The maximum atomic E-state index is 13.3. The highest BCUT2D eigenvalue weighted by Gasteiger charge is 2.23. The monoisotopic (exact) mass is 509 g/mol. The Morgan fingerprint density at radius 3 is 2.53 bits per heavy atom. The Hall–Kier alpha value is -3.41. The molecular weight excluding hydrogens is 470 g/mol. The number of hydrogen-bond acceptors (Lipinski definition) is 3. The van der Waals surface area contributed by atoms with E-state index in [0.29, 0.717) is 13.0 Å². The average molecular weight is 510 g/mol. The van der Waals surface area contributed by atoms with Crippen LogP contribution in [0.3, 0.4) is 0 Å². The number of aryl methyl sites for hydroxylation is 2. The van der Waals surface area contributed by atoms with Crippen LogP contribution in [-0.2, 0) is 16.1 Å². The lowest BCUT2D eigenvalue weighted by atomic mass is 9.87. The number of para-hydroxylation sites is 1. The number of aromatic nitrogens is 1. The number of fused-ring (bicyclic) bond motifs is 1. The van der Waals surface area contributed by atoms with Gasteiger partial charge in [-0.05, 0) is 49.6 Å². The van der Waals surface area contributed by atoms with Gasteiger partial charge >= 0.3 is 0 Å². The van der Waals surface area contributed by atoms with Crippen molar-refractivity contribution < 1.29 is 9.53 Å². The first kappa shape index (κ1) is 26.2. The number of carbonyl (C=O) groups is 1. The van der Waals surface area contributed by atoms with E-state index in [-0.39, 0.29) is 11.8 Å². The Morgan fingerprint density at radius 1 is 0.947 bits per heavy atom. The van der Waals surface area contributed by atoms with E-state index in [1.165, 1.54) is 38.7 Å². The van der Waals surface area contributed by atoms with Crippen molar-refractivity contribution in [2.75, 3.05) is 39.4 Å². The minimum absolute atomic E-state index is 0.0155. The van der Waals surface area contributed by atoms with Gasteiger partial charge in [0, 0.05) is 55.6 Å². The molecule has 0 saturated carbocycles. The van der Waals surface area contributed by atoms with Crippen LogP contribution >= 0.6 is 0 Å². The highest BCUT2D eigenvalue weighted by Crippen LogP contribution is 2.35. The molecule has 0 radical (unpaired) electrons. The molecule has 38 heavy (non-hydrogen) atoms. The van der Waals surface area contributed by atoms with Crippen LogP contribution in [0, 0.1) is 13.8 Å². The number of hydrogen-bond donors (Lipinski definition) is 1. The molecular formula is C33H39N3O2. The Labute approximate surface area is 226 Å². The molecule has 1 unspecified atom stereocenters. The smallest absolute Gasteiger partial charge is 0.220 e. The molecule has 1 aromatic heterocycles. The van der Waals surface area contributed by atoms with Gasteiger partial charge in [-0.3, -0.25) is 9.69 Å². The lowest BCUT2D eigenvalue weighted by Crippen LogP contribution is -2.38. The van der Waals surface area contributed by atoms with Gasteiger partial charge in [0.25, 0.3) is 0 Å². The molecule has 1 atom stereocenters. The van der Waals surface area contributed by atoms with Crippen LogP contribution in [0.2, 0.25) is 0 Å². The van der Waals surface area contributed by atoms with Crippen molar-refractivity contribution >= 4 is 16.8 Å². The average Bonchev–Trinajstić information content (AvgIpc) is 3.29. The molecule has 0 aliphatic carbocycles. The van der Waals surface area contributed by atoms with E-state index < -0.39 is 0 Å². The number of rotatable bonds is 10. The second-order valence-corrected chi connectivity index (χ2v) is 10.5. The molecule has 1 aliphatic rings. The van der Waals surface area contributed by atoms with Crippen LogP contribution in [-0.4, -0.2) is 54.8 Å². The largest absolute Gasteiger partial charge is 0.379 e.